The Balaban J connectivity index is 2.35. The van der Waals surface area contributed by atoms with Crippen molar-refractivity contribution in [1.82, 2.24) is 4.57 Å². The van der Waals surface area contributed by atoms with E-state index in [4.69, 9.17) is 5.11 Å². The van der Waals surface area contributed by atoms with Crippen LogP contribution in [0.5, 0.6) is 0 Å². The Bertz CT molecular complexity index is 533. The Morgan fingerprint density at radius 2 is 2.25 bits per heavy atom. The third-order valence-electron chi connectivity index (χ3n) is 2.63. The van der Waals surface area contributed by atoms with Crippen molar-refractivity contribution < 1.29 is 14.3 Å². The van der Waals surface area contributed by atoms with Crippen LogP contribution < -0.4 is 0 Å². The lowest BCUT2D eigenvalue weighted by atomic mass is 10.2. The predicted octanol–water partition coefficient (Wildman–Crippen LogP) is 2.50. The van der Waals surface area contributed by atoms with E-state index in [1.807, 2.05) is 4.57 Å². The SMILES string of the molecule is CC(Cn1ccc2cc(F)ccc21)C(=O)O. The molecule has 1 atom stereocenters. The van der Waals surface area contributed by atoms with Crippen molar-refractivity contribution in [2.24, 2.45) is 5.92 Å². The Morgan fingerprint density at radius 1 is 1.50 bits per heavy atom. The van der Waals surface area contributed by atoms with Gasteiger partial charge in [0, 0.05) is 23.6 Å². The van der Waals surface area contributed by atoms with E-state index in [9.17, 15) is 9.18 Å². The van der Waals surface area contributed by atoms with Gasteiger partial charge in [0.1, 0.15) is 5.82 Å². The van der Waals surface area contributed by atoms with Gasteiger partial charge in [0.2, 0.25) is 0 Å². The van der Waals surface area contributed by atoms with Gasteiger partial charge in [-0.2, -0.15) is 0 Å². The molecule has 16 heavy (non-hydrogen) atoms. The highest BCUT2D eigenvalue weighted by molar-refractivity contribution is 5.80. The van der Waals surface area contributed by atoms with Crippen LogP contribution in [0.15, 0.2) is 30.5 Å². The van der Waals surface area contributed by atoms with Crippen LogP contribution in [0.25, 0.3) is 10.9 Å². The maximum atomic E-state index is 12.9. The molecule has 3 nitrogen and oxygen atoms in total. The van der Waals surface area contributed by atoms with Crippen LogP contribution >= 0.6 is 0 Å². The first-order valence-electron chi connectivity index (χ1n) is 5.05. The number of carboxylic acid groups (broad SMARTS) is 1. The molecule has 0 saturated carbocycles. The van der Waals surface area contributed by atoms with Gasteiger partial charge in [-0.3, -0.25) is 4.79 Å². The number of hydrogen-bond donors (Lipinski definition) is 1. The summed E-state index contributed by atoms with van der Waals surface area (Å²) in [6, 6.07) is 6.27. The van der Waals surface area contributed by atoms with Crippen LogP contribution in [-0.2, 0) is 11.3 Å². The zero-order valence-electron chi connectivity index (χ0n) is 8.85. The summed E-state index contributed by atoms with van der Waals surface area (Å²) in [7, 11) is 0. The molecule has 0 saturated heterocycles. The number of nitrogens with zero attached hydrogens (tertiary/aromatic N) is 1. The minimum absolute atomic E-state index is 0.281. The second kappa shape index (κ2) is 3.96. The summed E-state index contributed by atoms with van der Waals surface area (Å²) in [6.45, 7) is 2.04. The predicted molar refractivity (Wildman–Crippen MR) is 58.7 cm³/mol. The third kappa shape index (κ3) is 1.91. The number of fused-ring (bicyclic) bond motifs is 1. The molecular formula is C12H12FNO2. The van der Waals surface area contributed by atoms with Crippen LogP contribution in [-0.4, -0.2) is 15.6 Å². The topological polar surface area (TPSA) is 42.2 Å². The zero-order valence-corrected chi connectivity index (χ0v) is 8.85. The zero-order chi connectivity index (χ0) is 11.7. The van der Waals surface area contributed by atoms with Crippen molar-refractivity contribution in [3.8, 4) is 0 Å². The fourth-order valence-electron chi connectivity index (χ4n) is 1.70. The summed E-state index contributed by atoms with van der Waals surface area (Å²) < 4.78 is 14.8. The largest absolute Gasteiger partial charge is 0.481 e. The number of rotatable bonds is 3. The molecular weight excluding hydrogens is 209 g/mol. The standard InChI is InChI=1S/C12H12FNO2/c1-8(12(15)16)7-14-5-4-9-6-10(13)2-3-11(9)14/h2-6,8H,7H2,1H3,(H,15,16). The molecule has 0 amide bonds. The highest BCUT2D eigenvalue weighted by atomic mass is 19.1. The monoisotopic (exact) mass is 221 g/mol. The molecule has 0 bridgehead atoms. The number of hydrogen-bond acceptors (Lipinski definition) is 1. The number of aliphatic carboxylic acids is 1. The third-order valence-corrected chi connectivity index (χ3v) is 2.63. The quantitative estimate of drug-likeness (QED) is 0.865. The highest BCUT2D eigenvalue weighted by Crippen LogP contribution is 2.18. The van der Waals surface area contributed by atoms with Gasteiger partial charge in [-0.1, -0.05) is 6.92 Å². The summed E-state index contributed by atoms with van der Waals surface area (Å²) in [6.07, 6.45) is 1.78. The number of benzene rings is 1. The molecule has 0 spiro atoms. The molecule has 1 aromatic heterocycles. The van der Waals surface area contributed by atoms with Gasteiger partial charge in [-0.15, -0.1) is 0 Å². The first-order valence-corrected chi connectivity index (χ1v) is 5.05. The first kappa shape index (κ1) is 10.7. The van der Waals surface area contributed by atoms with Crippen LogP contribution in [0.1, 0.15) is 6.92 Å². The van der Waals surface area contributed by atoms with Gasteiger partial charge in [-0.25, -0.2) is 4.39 Å². The molecule has 2 rings (SSSR count). The summed E-state index contributed by atoms with van der Waals surface area (Å²) in [5.74, 6) is -1.57. The Labute approximate surface area is 92.1 Å². The second-order valence-corrected chi connectivity index (χ2v) is 3.91. The van der Waals surface area contributed by atoms with Crippen LogP contribution in [0.2, 0.25) is 0 Å². The van der Waals surface area contributed by atoms with Crippen molar-refractivity contribution in [1.29, 1.82) is 0 Å². The molecule has 2 aromatic rings. The molecule has 1 unspecified atom stereocenters. The van der Waals surface area contributed by atoms with E-state index in [0.29, 0.717) is 6.54 Å². The number of carboxylic acids is 1. The summed E-state index contributed by atoms with van der Waals surface area (Å²) in [5, 5.41) is 9.61. The summed E-state index contributed by atoms with van der Waals surface area (Å²) >= 11 is 0. The normalized spacial score (nSPS) is 12.9. The van der Waals surface area contributed by atoms with Gasteiger partial charge < -0.3 is 9.67 Å². The smallest absolute Gasteiger partial charge is 0.308 e. The minimum Gasteiger partial charge on any atom is -0.481 e. The Kier molecular flexibility index (Phi) is 2.64. The van der Waals surface area contributed by atoms with Crippen molar-refractivity contribution in [3.63, 3.8) is 0 Å². The fraction of sp³-hybridized carbons (Fsp3) is 0.250. The van der Waals surface area contributed by atoms with Crippen LogP contribution in [0.4, 0.5) is 4.39 Å². The average molecular weight is 221 g/mol. The number of carbonyl (C=O) groups is 1. The van der Waals surface area contributed by atoms with Gasteiger partial charge >= 0.3 is 5.97 Å². The second-order valence-electron chi connectivity index (χ2n) is 3.91. The van der Waals surface area contributed by atoms with Gasteiger partial charge in [0.25, 0.3) is 0 Å². The lowest BCUT2D eigenvalue weighted by Gasteiger charge is -2.08. The van der Waals surface area contributed by atoms with E-state index in [1.165, 1.54) is 12.1 Å². The molecule has 0 radical (unpaired) electrons. The van der Waals surface area contributed by atoms with Gasteiger partial charge in [-0.05, 0) is 24.3 Å². The van der Waals surface area contributed by atoms with E-state index in [0.717, 1.165) is 10.9 Å². The molecule has 0 fully saturated rings. The van der Waals surface area contributed by atoms with E-state index >= 15 is 0 Å². The minimum atomic E-state index is -0.830. The van der Waals surface area contributed by atoms with Crippen LogP contribution in [0, 0.1) is 11.7 Å². The molecule has 0 aliphatic rings. The average Bonchev–Trinajstić information content (AvgIpc) is 2.60. The van der Waals surface area contributed by atoms with Crippen molar-refractivity contribution in [2.75, 3.05) is 0 Å². The van der Waals surface area contributed by atoms with E-state index < -0.39 is 11.9 Å². The van der Waals surface area contributed by atoms with Crippen molar-refractivity contribution in [2.45, 2.75) is 13.5 Å². The maximum Gasteiger partial charge on any atom is 0.308 e. The first-order chi connectivity index (χ1) is 7.58. The molecule has 84 valence electrons. The number of aromatic nitrogens is 1. The van der Waals surface area contributed by atoms with Crippen molar-refractivity contribution in [3.05, 3.63) is 36.3 Å². The van der Waals surface area contributed by atoms with E-state index in [-0.39, 0.29) is 5.82 Å². The molecule has 0 aliphatic heterocycles. The molecule has 1 aromatic carbocycles. The molecule has 1 N–H and O–H groups in total. The summed E-state index contributed by atoms with van der Waals surface area (Å²) in [5.41, 5.74) is 0.856. The van der Waals surface area contributed by atoms with E-state index in [2.05, 4.69) is 0 Å². The van der Waals surface area contributed by atoms with Gasteiger partial charge in [0.05, 0.1) is 5.92 Å². The highest BCUT2D eigenvalue weighted by Gasteiger charge is 2.12. The lowest BCUT2D eigenvalue weighted by molar-refractivity contribution is -0.141. The fourth-order valence-corrected chi connectivity index (χ4v) is 1.70. The van der Waals surface area contributed by atoms with Gasteiger partial charge in [0.15, 0.2) is 0 Å². The number of halogens is 1. The maximum absolute atomic E-state index is 12.9. The Hall–Kier alpha value is -1.84. The summed E-state index contributed by atoms with van der Waals surface area (Å²) in [4.78, 5) is 10.7. The lowest BCUT2D eigenvalue weighted by Crippen LogP contribution is -2.16. The Morgan fingerprint density at radius 3 is 2.94 bits per heavy atom. The molecule has 0 aliphatic carbocycles. The van der Waals surface area contributed by atoms with E-state index in [1.54, 1.807) is 25.3 Å². The van der Waals surface area contributed by atoms with Crippen molar-refractivity contribution >= 4 is 16.9 Å². The van der Waals surface area contributed by atoms with Crippen LogP contribution in [0.3, 0.4) is 0 Å². The molecule has 1 heterocycles. The molecule has 4 heteroatoms.